The van der Waals surface area contributed by atoms with E-state index in [4.69, 9.17) is 4.42 Å². The molecule has 1 aliphatic rings. The van der Waals surface area contributed by atoms with Crippen molar-refractivity contribution in [3.05, 3.63) is 23.2 Å². The van der Waals surface area contributed by atoms with E-state index in [9.17, 15) is 0 Å². The quantitative estimate of drug-likeness (QED) is 0.652. The first kappa shape index (κ1) is 17.7. The third kappa shape index (κ3) is 4.09. The van der Waals surface area contributed by atoms with E-state index in [1.165, 1.54) is 11.5 Å². The summed E-state index contributed by atoms with van der Waals surface area (Å²) in [5, 5.41) is 4.36. The number of hydrogen-bond acceptors (Lipinski definition) is 7. The highest BCUT2D eigenvalue weighted by Gasteiger charge is 2.22. The number of rotatable bonds is 4. The van der Waals surface area contributed by atoms with Gasteiger partial charge in [0.2, 0.25) is 11.0 Å². The van der Waals surface area contributed by atoms with E-state index in [-0.39, 0.29) is 0 Å². The summed E-state index contributed by atoms with van der Waals surface area (Å²) in [7, 11) is 1.80. The minimum Gasteiger partial charge on any atom is -0.444 e. The smallest absolute Gasteiger partial charge is 0.214 e. The second-order valence-electron chi connectivity index (χ2n) is 5.97. The Hall–Kier alpha value is -2.16. The lowest BCUT2D eigenvalue weighted by Crippen LogP contribution is -2.52. The molecule has 0 saturated carbocycles. The number of aryl methyl sites for hydroxylation is 3. The second kappa shape index (κ2) is 7.81. The highest BCUT2D eigenvalue weighted by molar-refractivity contribution is 7.09. The molecule has 0 spiro atoms. The molecule has 0 radical (unpaired) electrons. The molecule has 1 aliphatic heterocycles. The molecule has 25 heavy (non-hydrogen) atoms. The van der Waals surface area contributed by atoms with E-state index in [0.29, 0.717) is 12.4 Å². The van der Waals surface area contributed by atoms with Gasteiger partial charge in [0.1, 0.15) is 11.6 Å². The minimum absolute atomic E-state index is 0.540. The third-order valence-electron chi connectivity index (χ3n) is 4.31. The van der Waals surface area contributed by atoms with Crippen molar-refractivity contribution in [2.24, 2.45) is 4.99 Å². The van der Waals surface area contributed by atoms with E-state index in [1.54, 1.807) is 7.05 Å². The van der Waals surface area contributed by atoms with Gasteiger partial charge in [0.25, 0.3) is 0 Å². The minimum atomic E-state index is 0.540. The zero-order valence-electron chi connectivity index (χ0n) is 15.2. The van der Waals surface area contributed by atoms with Gasteiger partial charge in [0, 0.05) is 51.2 Å². The van der Waals surface area contributed by atoms with Gasteiger partial charge in [-0.05, 0) is 13.8 Å². The maximum atomic E-state index is 5.62. The zero-order valence-corrected chi connectivity index (χ0v) is 16.1. The number of aliphatic imine (C=N–C) groups is 1. The fourth-order valence-electron chi connectivity index (χ4n) is 2.73. The number of aromatic nitrogens is 3. The predicted octanol–water partition coefficient (Wildman–Crippen LogP) is 1.60. The molecule has 1 saturated heterocycles. The molecule has 0 aliphatic carbocycles. The molecule has 8 nitrogen and oxygen atoms in total. The van der Waals surface area contributed by atoms with Crippen molar-refractivity contribution < 1.29 is 4.42 Å². The van der Waals surface area contributed by atoms with Gasteiger partial charge < -0.3 is 19.5 Å². The Bertz CT molecular complexity index is 711. The van der Waals surface area contributed by atoms with E-state index in [0.717, 1.165) is 61.0 Å². The first-order valence-electron chi connectivity index (χ1n) is 8.56. The van der Waals surface area contributed by atoms with Gasteiger partial charge in [0.15, 0.2) is 5.96 Å². The van der Waals surface area contributed by atoms with Crippen LogP contribution in [0.25, 0.3) is 0 Å². The molecule has 0 unspecified atom stereocenters. The number of nitrogens with one attached hydrogen (secondary N) is 1. The van der Waals surface area contributed by atoms with Crippen molar-refractivity contribution >= 4 is 22.6 Å². The molecule has 3 heterocycles. The lowest BCUT2D eigenvalue weighted by atomic mass is 10.3. The molecule has 0 amide bonds. The number of guanidine groups is 1. The van der Waals surface area contributed by atoms with Crippen LogP contribution in [0.15, 0.2) is 9.41 Å². The van der Waals surface area contributed by atoms with Crippen LogP contribution >= 0.6 is 11.5 Å². The summed E-state index contributed by atoms with van der Waals surface area (Å²) in [5.74, 6) is 3.36. The van der Waals surface area contributed by atoms with Gasteiger partial charge in [-0.2, -0.15) is 4.37 Å². The van der Waals surface area contributed by atoms with Crippen molar-refractivity contribution in [1.29, 1.82) is 0 Å². The van der Waals surface area contributed by atoms with Crippen LogP contribution in [0.1, 0.15) is 30.1 Å². The molecular weight excluding hydrogens is 338 g/mol. The maximum absolute atomic E-state index is 5.62. The van der Waals surface area contributed by atoms with Gasteiger partial charge in [-0.3, -0.25) is 4.99 Å². The van der Waals surface area contributed by atoms with Gasteiger partial charge in [-0.25, -0.2) is 9.97 Å². The van der Waals surface area contributed by atoms with Gasteiger partial charge in [-0.1, -0.05) is 6.92 Å². The highest BCUT2D eigenvalue weighted by Crippen LogP contribution is 2.19. The average Bonchev–Trinajstić information content (AvgIpc) is 3.23. The van der Waals surface area contributed by atoms with Crippen molar-refractivity contribution in [2.45, 2.75) is 33.7 Å². The van der Waals surface area contributed by atoms with E-state index < -0.39 is 0 Å². The summed E-state index contributed by atoms with van der Waals surface area (Å²) in [4.78, 5) is 17.9. The monoisotopic (exact) mass is 363 g/mol. The van der Waals surface area contributed by atoms with Crippen LogP contribution in [0.4, 0.5) is 5.13 Å². The molecule has 0 atom stereocenters. The summed E-state index contributed by atoms with van der Waals surface area (Å²) >= 11 is 1.49. The molecule has 2 aromatic heterocycles. The average molecular weight is 363 g/mol. The number of oxazole rings is 1. The van der Waals surface area contributed by atoms with E-state index in [2.05, 4.69) is 41.4 Å². The van der Waals surface area contributed by atoms with Crippen molar-refractivity contribution in [3.63, 3.8) is 0 Å². The standard InChI is InChI=1S/C16H25N7OS/c1-5-13-20-16(25-21-13)23-8-6-22(7-9-23)15(17-4)18-10-14-19-11(2)12(3)24-14/h5-10H2,1-4H3,(H,17,18). The summed E-state index contributed by atoms with van der Waals surface area (Å²) in [5.41, 5.74) is 0.934. The van der Waals surface area contributed by atoms with Crippen molar-refractivity contribution in [3.8, 4) is 0 Å². The Morgan fingerprint density at radius 1 is 1.24 bits per heavy atom. The number of hydrogen-bond donors (Lipinski definition) is 1. The van der Waals surface area contributed by atoms with Crippen LogP contribution in [0, 0.1) is 13.8 Å². The Morgan fingerprint density at radius 3 is 2.56 bits per heavy atom. The Labute approximate surface area is 152 Å². The number of piperazine rings is 1. The van der Waals surface area contributed by atoms with Crippen LogP contribution in [-0.4, -0.2) is 58.4 Å². The van der Waals surface area contributed by atoms with Crippen LogP contribution in [0.5, 0.6) is 0 Å². The van der Waals surface area contributed by atoms with Crippen LogP contribution in [0.3, 0.4) is 0 Å². The Balaban J connectivity index is 1.53. The number of nitrogens with zero attached hydrogens (tertiary/aromatic N) is 6. The van der Waals surface area contributed by atoms with E-state index >= 15 is 0 Å². The molecule has 0 aromatic carbocycles. The topological polar surface area (TPSA) is 82.7 Å². The van der Waals surface area contributed by atoms with Crippen molar-refractivity contribution in [2.75, 3.05) is 38.1 Å². The Morgan fingerprint density at radius 2 is 2.00 bits per heavy atom. The molecule has 1 fully saturated rings. The summed E-state index contributed by atoms with van der Waals surface area (Å²) < 4.78 is 9.99. The first-order chi connectivity index (χ1) is 12.1. The van der Waals surface area contributed by atoms with Crippen LogP contribution in [-0.2, 0) is 13.0 Å². The lowest BCUT2D eigenvalue weighted by Gasteiger charge is -2.36. The zero-order chi connectivity index (χ0) is 17.8. The molecular formula is C16H25N7OS. The molecule has 9 heteroatoms. The lowest BCUT2D eigenvalue weighted by molar-refractivity contribution is 0.368. The summed E-state index contributed by atoms with van der Waals surface area (Å²) in [6.07, 6.45) is 0.882. The van der Waals surface area contributed by atoms with E-state index in [1.807, 2.05) is 13.8 Å². The molecule has 1 N–H and O–H groups in total. The first-order valence-corrected chi connectivity index (χ1v) is 9.34. The Kier molecular flexibility index (Phi) is 5.52. The fraction of sp³-hybridized carbons (Fsp3) is 0.625. The summed E-state index contributed by atoms with van der Waals surface area (Å²) in [6.45, 7) is 10.1. The molecule has 0 bridgehead atoms. The summed E-state index contributed by atoms with van der Waals surface area (Å²) in [6, 6.07) is 0. The molecule has 136 valence electrons. The molecule has 3 rings (SSSR count). The third-order valence-corrected chi connectivity index (χ3v) is 5.12. The second-order valence-corrected chi connectivity index (χ2v) is 6.70. The maximum Gasteiger partial charge on any atom is 0.214 e. The SMILES string of the molecule is CCc1nsc(N2CCN(C(=NC)NCc3nc(C)c(C)o3)CC2)n1. The highest BCUT2D eigenvalue weighted by atomic mass is 32.1. The van der Waals surface area contributed by atoms with Crippen molar-refractivity contribution in [1.82, 2.24) is 24.6 Å². The predicted molar refractivity (Wildman–Crippen MR) is 99.2 cm³/mol. The van der Waals surface area contributed by atoms with Crippen LogP contribution in [0.2, 0.25) is 0 Å². The number of anilines is 1. The largest absolute Gasteiger partial charge is 0.444 e. The van der Waals surface area contributed by atoms with Crippen LogP contribution < -0.4 is 10.2 Å². The van der Waals surface area contributed by atoms with Gasteiger partial charge >= 0.3 is 0 Å². The van der Waals surface area contributed by atoms with Gasteiger partial charge in [0.05, 0.1) is 12.2 Å². The molecule has 2 aromatic rings. The normalized spacial score (nSPS) is 15.8. The fourth-order valence-corrected chi connectivity index (χ4v) is 3.53. The van der Waals surface area contributed by atoms with Gasteiger partial charge in [-0.15, -0.1) is 0 Å².